The summed E-state index contributed by atoms with van der Waals surface area (Å²) >= 11 is 11.8. The molecule has 1 aliphatic rings. The molecule has 0 aromatic carbocycles. The van der Waals surface area contributed by atoms with Gasteiger partial charge in [-0.1, -0.05) is 23.2 Å². The molecule has 2 rings (SSSR count). The molecule has 1 N–H and O–H groups in total. The average Bonchev–Trinajstić information content (AvgIpc) is 2.27. The molecule has 1 fully saturated rings. The van der Waals surface area contributed by atoms with Crippen LogP contribution in [0.3, 0.4) is 0 Å². The number of anilines is 1. The highest BCUT2D eigenvalue weighted by atomic mass is 35.5. The van der Waals surface area contributed by atoms with Gasteiger partial charge in [0.05, 0.1) is 17.7 Å². The van der Waals surface area contributed by atoms with Crippen LogP contribution in [0.1, 0.15) is 17.3 Å². The Morgan fingerprint density at radius 3 is 2.94 bits per heavy atom. The molecule has 1 aliphatic heterocycles. The van der Waals surface area contributed by atoms with Crippen LogP contribution in [0.4, 0.5) is 5.82 Å². The summed E-state index contributed by atoms with van der Waals surface area (Å²) in [4.78, 5) is 17.2. The van der Waals surface area contributed by atoms with Crippen molar-refractivity contribution in [3.63, 3.8) is 0 Å². The first-order valence-electron chi connectivity index (χ1n) is 5.45. The zero-order valence-electron chi connectivity index (χ0n) is 9.69. The summed E-state index contributed by atoms with van der Waals surface area (Å²) in [5, 5.41) is 9.48. The molecule has 1 saturated heterocycles. The number of morpholine rings is 1. The molecule has 0 spiro atoms. The number of carboxylic acid groups (broad SMARTS) is 1. The number of aromatic carboxylic acids is 1. The minimum Gasteiger partial charge on any atom is -0.478 e. The van der Waals surface area contributed by atoms with E-state index >= 15 is 0 Å². The smallest absolute Gasteiger partial charge is 0.341 e. The molecule has 0 bridgehead atoms. The largest absolute Gasteiger partial charge is 0.478 e. The van der Waals surface area contributed by atoms with Crippen LogP contribution in [0.15, 0.2) is 6.07 Å². The van der Waals surface area contributed by atoms with Gasteiger partial charge in [-0.2, -0.15) is 0 Å². The molecule has 2 heterocycles. The topological polar surface area (TPSA) is 62.7 Å². The zero-order valence-corrected chi connectivity index (χ0v) is 11.2. The number of rotatable bonds is 2. The highest BCUT2D eigenvalue weighted by molar-refractivity contribution is 6.36. The Morgan fingerprint density at radius 1 is 1.61 bits per heavy atom. The summed E-state index contributed by atoms with van der Waals surface area (Å²) in [5.41, 5.74) is -0.0184. The molecule has 98 valence electrons. The van der Waals surface area contributed by atoms with Crippen LogP contribution in [-0.2, 0) is 4.74 Å². The van der Waals surface area contributed by atoms with Crippen molar-refractivity contribution in [2.75, 3.05) is 24.6 Å². The fourth-order valence-corrected chi connectivity index (χ4v) is 2.42. The van der Waals surface area contributed by atoms with Crippen LogP contribution in [-0.4, -0.2) is 41.9 Å². The third kappa shape index (κ3) is 2.68. The summed E-state index contributed by atoms with van der Waals surface area (Å²) in [6, 6.07) is 1.33. The SMILES string of the molecule is C[C@H]1CN(c2nc(Cl)cc(Cl)c2C(=O)O)CCO1. The van der Waals surface area contributed by atoms with E-state index in [1.807, 2.05) is 11.8 Å². The molecule has 1 atom stereocenters. The van der Waals surface area contributed by atoms with E-state index in [0.717, 1.165) is 0 Å². The summed E-state index contributed by atoms with van der Waals surface area (Å²) in [5.74, 6) is -0.812. The van der Waals surface area contributed by atoms with E-state index in [1.165, 1.54) is 6.07 Å². The van der Waals surface area contributed by atoms with Gasteiger partial charge in [0.25, 0.3) is 0 Å². The first-order valence-corrected chi connectivity index (χ1v) is 6.20. The van der Waals surface area contributed by atoms with Gasteiger partial charge < -0.3 is 14.7 Å². The molecular weight excluding hydrogens is 279 g/mol. The molecule has 7 heteroatoms. The molecule has 1 aromatic heterocycles. The van der Waals surface area contributed by atoms with Gasteiger partial charge in [-0.05, 0) is 13.0 Å². The Hall–Kier alpha value is -1.04. The van der Waals surface area contributed by atoms with Crippen LogP contribution >= 0.6 is 23.2 Å². The lowest BCUT2D eigenvalue weighted by molar-refractivity contribution is 0.0524. The number of aromatic nitrogens is 1. The van der Waals surface area contributed by atoms with Crippen molar-refractivity contribution in [3.8, 4) is 0 Å². The van der Waals surface area contributed by atoms with E-state index in [0.29, 0.717) is 25.5 Å². The number of hydrogen-bond donors (Lipinski definition) is 1. The Labute approximate surface area is 114 Å². The highest BCUT2D eigenvalue weighted by Crippen LogP contribution is 2.29. The highest BCUT2D eigenvalue weighted by Gasteiger charge is 2.25. The first-order chi connectivity index (χ1) is 8.49. The number of nitrogens with zero attached hydrogens (tertiary/aromatic N) is 2. The third-order valence-electron chi connectivity index (χ3n) is 2.68. The fraction of sp³-hybridized carbons (Fsp3) is 0.455. The summed E-state index contributed by atoms with van der Waals surface area (Å²) in [6.07, 6.45) is 0.0138. The van der Waals surface area contributed by atoms with Crippen LogP contribution in [0.5, 0.6) is 0 Å². The predicted octanol–water partition coefficient (Wildman–Crippen LogP) is 2.31. The minimum atomic E-state index is -1.11. The number of pyridine rings is 1. The first kappa shape index (κ1) is 13.4. The van der Waals surface area contributed by atoms with Crippen LogP contribution in [0, 0.1) is 0 Å². The van der Waals surface area contributed by atoms with E-state index in [1.54, 1.807) is 0 Å². The van der Waals surface area contributed by atoms with E-state index in [-0.39, 0.29) is 21.8 Å². The van der Waals surface area contributed by atoms with E-state index in [4.69, 9.17) is 27.9 Å². The van der Waals surface area contributed by atoms with Crippen molar-refractivity contribution in [2.24, 2.45) is 0 Å². The standard InChI is InChI=1S/C11H12Cl2N2O3/c1-6-5-15(2-3-18-6)10-9(11(16)17)7(12)4-8(13)14-10/h4,6H,2-3,5H2,1H3,(H,16,17)/t6-/m0/s1. The fourth-order valence-electron chi connectivity index (χ4n) is 1.91. The molecule has 0 aliphatic carbocycles. The number of carboxylic acids is 1. The second-order valence-corrected chi connectivity index (χ2v) is 4.85. The predicted molar refractivity (Wildman–Crippen MR) is 68.8 cm³/mol. The molecule has 1 aromatic rings. The van der Waals surface area contributed by atoms with Crippen molar-refractivity contribution in [1.29, 1.82) is 0 Å². The molecule has 5 nitrogen and oxygen atoms in total. The lowest BCUT2D eigenvalue weighted by atomic mass is 10.2. The molecule has 0 amide bonds. The van der Waals surface area contributed by atoms with E-state index < -0.39 is 5.97 Å². The van der Waals surface area contributed by atoms with Gasteiger partial charge in [0.15, 0.2) is 0 Å². The molecule has 0 unspecified atom stereocenters. The van der Waals surface area contributed by atoms with Crippen molar-refractivity contribution in [3.05, 3.63) is 21.8 Å². The summed E-state index contributed by atoms with van der Waals surface area (Å²) in [7, 11) is 0. The van der Waals surface area contributed by atoms with Crippen molar-refractivity contribution < 1.29 is 14.6 Å². The van der Waals surface area contributed by atoms with E-state index in [9.17, 15) is 9.90 Å². The Bertz CT molecular complexity index is 482. The van der Waals surface area contributed by atoms with Crippen LogP contribution < -0.4 is 4.90 Å². The van der Waals surface area contributed by atoms with Gasteiger partial charge in [0, 0.05) is 13.1 Å². The lowest BCUT2D eigenvalue weighted by Crippen LogP contribution is -2.42. The van der Waals surface area contributed by atoms with Gasteiger partial charge in [-0.25, -0.2) is 9.78 Å². The Morgan fingerprint density at radius 2 is 2.33 bits per heavy atom. The van der Waals surface area contributed by atoms with E-state index in [2.05, 4.69) is 4.98 Å². The van der Waals surface area contributed by atoms with Crippen LogP contribution in [0.2, 0.25) is 10.2 Å². The third-order valence-corrected chi connectivity index (χ3v) is 3.17. The molecule has 18 heavy (non-hydrogen) atoms. The Balaban J connectivity index is 2.44. The Kier molecular flexibility index (Phi) is 3.94. The maximum Gasteiger partial charge on any atom is 0.341 e. The van der Waals surface area contributed by atoms with Gasteiger partial charge in [-0.15, -0.1) is 0 Å². The van der Waals surface area contributed by atoms with Crippen molar-refractivity contribution in [1.82, 2.24) is 4.98 Å². The molecule has 0 radical (unpaired) electrons. The average molecular weight is 291 g/mol. The van der Waals surface area contributed by atoms with Gasteiger partial charge in [0.2, 0.25) is 0 Å². The number of ether oxygens (including phenoxy) is 1. The van der Waals surface area contributed by atoms with Crippen molar-refractivity contribution in [2.45, 2.75) is 13.0 Å². The number of hydrogen-bond acceptors (Lipinski definition) is 4. The molecule has 0 saturated carbocycles. The normalized spacial score (nSPS) is 19.9. The van der Waals surface area contributed by atoms with Gasteiger partial charge in [0.1, 0.15) is 16.5 Å². The van der Waals surface area contributed by atoms with Gasteiger partial charge >= 0.3 is 5.97 Å². The quantitative estimate of drug-likeness (QED) is 0.847. The van der Waals surface area contributed by atoms with Crippen molar-refractivity contribution >= 4 is 35.0 Å². The maximum atomic E-state index is 11.3. The number of halogens is 2. The second-order valence-electron chi connectivity index (χ2n) is 4.06. The van der Waals surface area contributed by atoms with Crippen LogP contribution in [0.25, 0.3) is 0 Å². The monoisotopic (exact) mass is 290 g/mol. The lowest BCUT2D eigenvalue weighted by Gasteiger charge is -2.32. The zero-order chi connectivity index (χ0) is 13.3. The minimum absolute atomic E-state index is 0.0138. The molecular formula is C11H12Cl2N2O3. The summed E-state index contributed by atoms with van der Waals surface area (Å²) < 4.78 is 5.41. The number of carbonyl (C=O) groups is 1. The second kappa shape index (κ2) is 5.30. The van der Waals surface area contributed by atoms with Gasteiger partial charge in [-0.3, -0.25) is 0 Å². The maximum absolute atomic E-state index is 11.3. The summed E-state index contributed by atoms with van der Waals surface area (Å²) in [6.45, 7) is 3.56.